The molecule has 1 aliphatic rings. The van der Waals surface area contributed by atoms with Crippen LogP contribution in [-0.4, -0.2) is 21.5 Å². The van der Waals surface area contributed by atoms with Crippen LogP contribution in [0.3, 0.4) is 0 Å². The van der Waals surface area contributed by atoms with Crippen molar-refractivity contribution in [3.63, 3.8) is 0 Å². The quantitative estimate of drug-likeness (QED) is 0.940. The average molecular weight is 282 g/mol. The third kappa shape index (κ3) is 2.68. The maximum absolute atomic E-state index is 4.85. The van der Waals surface area contributed by atoms with E-state index in [0.29, 0.717) is 5.92 Å². The SMILES string of the molecule is CCc1cccnc1-c1nc2c(c(C(C)C)n1)CNCC2. The summed E-state index contributed by atoms with van der Waals surface area (Å²) in [4.78, 5) is 14.2. The van der Waals surface area contributed by atoms with Crippen molar-refractivity contribution in [3.05, 3.63) is 40.8 Å². The Morgan fingerprint density at radius 2 is 2.14 bits per heavy atom. The molecule has 0 spiro atoms. The number of aryl methyl sites for hydroxylation is 1. The molecule has 4 heteroatoms. The highest BCUT2D eigenvalue weighted by molar-refractivity contribution is 5.56. The molecule has 3 rings (SSSR count). The van der Waals surface area contributed by atoms with Gasteiger partial charge in [-0.25, -0.2) is 9.97 Å². The summed E-state index contributed by atoms with van der Waals surface area (Å²) in [6.45, 7) is 8.41. The molecule has 1 aliphatic heterocycles. The minimum Gasteiger partial charge on any atom is -0.312 e. The van der Waals surface area contributed by atoms with Crippen LogP contribution in [0.15, 0.2) is 18.3 Å². The zero-order valence-corrected chi connectivity index (χ0v) is 13.0. The van der Waals surface area contributed by atoms with E-state index in [1.165, 1.54) is 16.8 Å². The first kappa shape index (κ1) is 14.1. The lowest BCUT2D eigenvalue weighted by Gasteiger charge is -2.22. The van der Waals surface area contributed by atoms with Crippen LogP contribution in [0.4, 0.5) is 0 Å². The van der Waals surface area contributed by atoms with Gasteiger partial charge in [-0.1, -0.05) is 26.8 Å². The number of nitrogens with one attached hydrogen (secondary N) is 1. The molecular formula is C17H22N4. The van der Waals surface area contributed by atoms with E-state index in [4.69, 9.17) is 9.97 Å². The van der Waals surface area contributed by atoms with E-state index >= 15 is 0 Å². The van der Waals surface area contributed by atoms with Gasteiger partial charge in [0.15, 0.2) is 5.82 Å². The summed E-state index contributed by atoms with van der Waals surface area (Å²) >= 11 is 0. The topological polar surface area (TPSA) is 50.7 Å². The summed E-state index contributed by atoms with van der Waals surface area (Å²) in [5.41, 5.74) is 5.78. The van der Waals surface area contributed by atoms with Gasteiger partial charge in [-0.2, -0.15) is 0 Å². The van der Waals surface area contributed by atoms with Crippen molar-refractivity contribution in [2.24, 2.45) is 0 Å². The minimum absolute atomic E-state index is 0.397. The highest BCUT2D eigenvalue weighted by Crippen LogP contribution is 2.26. The maximum Gasteiger partial charge on any atom is 0.178 e. The smallest absolute Gasteiger partial charge is 0.178 e. The Hall–Kier alpha value is -1.81. The molecule has 4 nitrogen and oxygen atoms in total. The van der Waals surface area contributed by atoms with Crippen LogP contribution in [-0.2, 0) is 19.4 Å². The van der Waals surface area contributed by atoms with Crippen LogP contribution in [0, 0.1) is 0 Å². The summed E-state index contributed by atoms with van der Waals surface area (Å²) in [5.74, 6) is 1.19. The Morgan fingerprint density at radius 3 is 2.90 bits per heavy atom. The first-order chi connectivity index (χ1) is 10.2. The Balaban J connectivity index is 2.17. The summed E-state index contributed by atoms with van der Waals surface area (Å²) < 4.78 is 0. The van der Waals surface area contributed by atoms with E-state index in [9.17, 15) is 0 Å². The highest BCUT2D eigenvalue weighted by atomic mass is 15.0. The Bertz CT molecular complexity index is 649. The number of rotatable bonds is 3. The van der Waals surface area contributed by atoms with Crippen molar-refractivity contribution in [1.82, 2.24) is 20.3 Å². The number of nitrogens with zero attached hydrogens (tertiary/aromatic N) is 3. The van der Waals surface area contributed by atoms with Gasteiger partial charge in [0.25, 0.3) is 0 Å². The van der Waals surface area contributed by atoms with E-state index in [1.807, 2.05) is 12.3 Å². The third-order valence-corrected chi connectivity index (χ3v) is 4.00. The second-order valence-corrected chi connectivity index (χ2v) is 5.80. The second kappa shape index (κ2) is 5.90. The molecule has 0 bridgehead atoms. The molecule has 0 saturated carbocycles. The van der Waals surface area contributed by atoms with Gasteiger partial charge in [0.05, 0.1) is 11.4 Å². The minimum atomic E-state index is 0.397. The van der Waals surface area contributed by atoms with Crippen molar-refractivity contribution in [2.45, 2.75) is 46.1 Å². The number of aromatic nitrogens is 3. The summed E-state index contributed by atoms with van der Waals surface area (Å²) in [5, 5.41) is 3.42. The van der Waals surface area contributed by atoms with Crippen molar-refractivity contribution in [2.75, 3.05) is 6.54 Å². The van der Waals surface area contributed by atoms with Crippen LogP contribution < -0.4 is 5.32 Å². The standard InChI is InChI=1S/C17H22N4/c1-4-12-6-5-8-19-16(12)17-20-14-7-9-18-10-13(14)15(21-17)11(2)3/h5-6,8,11,18H,4,7,9-10H2,1-3H3. The lowest BCUT2D eigenvalue weighted by atomic mass is 9.98. The number of hydrogen-bond acceptors (Lipinski definition) is 4. The molecule has 0 radical (unpaired) electrons. The lowest BCUT2D eigenvalue weighted by Crippen LogP contribution is -2.27. The van der Waals surface area contributed by atoms with E-state index in [0.717, 1.165) is 43.1 Å². The molecule has 1 N–H and O–H groups in total. The molecule has 0 aromatic carbocycles. The Labute approximate surface area is 126 Å². The zero-order chi connectivity index (χ0) is 14.8. The van der Waals surface area contributed by atoms with Crippen molar-refractivity contribution in [3.8, 4) is 11.5 Å². The molecule has 0 fully saturated rings. The normalized spacial score (nSPS) is 14.3. The fourth-order valence-corrected chi connectivity index (χ4v) is 2.88. The van der Waals surface area contributed by atoms with Crippen LogP contribution in [0.5, 0.6) is 0 Å². The average Bonchev–Trinajstić information content (AvgIpc) is 2.53. The first-order valence-electron chi connectivity index (χ1n) is 7.75. The third-order valence-electron chi connectivity index (χ3n) is 4.00. The van der Waals surface area contributed by atoms with Gasteiger partial charge in [-0.15, -0.1) is 0 Å². The molecule has 0 aliphatic carbocycles. The fourth-order valence-electron chi connectivity index (χ4n) is 2.88. The molecule has 0 atom stereocenters. The van der Waals surface area contributed by atoms with Gasteiger partial charge in [-0.05, 0) is 24.0 Å². The van der Waals surface area contributed by atoms with E-state index in [-0.39, 0.29) is 0 Å². The molecule has 2 aromatic heterocycles. The lowest BCUT2D eigenvalue weighted by molar-refractivity contribution is 0.609. The van der Waals surface area contributed by atoms with Crippen molar-refractivity contribution < 1.29 is 0 Å². The molecule has 3 heterocycles. The van der Waals surface area contributed by atoms with Crippen LogP contribution in [0.25, 0.3) is 11.5 Å². The number of pyridine rings is 1. The molecule has 21 heavy (non-hydrogen) atoms. The molecule has 2 aromatic rings. The molecular weight excluding hydrogens is 260 g/mol. The first-order valence-corrected chi connectivity index (χ1v) is 7.75. The number of fused-ring (bicyclic) bond motifs is 1. The largest absolute Gasteiger partial charge is 0.312 e. The zero-order valence-electron chi connectivity index (χ0n) is 13.0. The van der Waals surface area contributed by atoms with Gasteiger partial charge in [0.1, 0.15) is 5.69 Å². The predicted molar refractivity (Wildman–Crippen MR) is 84.1 cm³/mol. The Kier molecular flexibility index (Phi) is 3.97. The summed E-state index contributed by atoms with van der Waals surface area (Å²) in [7, 11) is 0. The Morgan fingerprint density at radius 1 is 1.29 bits per heavy atom. The van der Waals surface area contributed by atoms with Gasteiger partial charge in [-0.3, -0.25) is 4.98 Å². The molecule has 110 valence electrons. The van der Waals surface area contributed by atoms with Crippen molar-refractivity contribution >= 4 is 0 Å². The predicted octanol–water partition coefficient (Wildman–Crippen LogP) is 2.87. The second-order valence-electron chi connectivity index (χ2n) is 5.80. The van der Waals surface area contributed by atoms with Crippen LogP contribution in [0.1, 0.15) is 49.2 Å². The van der Waals surface area contributed by atoms with Crippen LogP contribution in [0.2, 0.25) is 0 Å². The van der Waals surface area contributed by atoms with Gasteiger partial charge in [0.2, 0.25) is 0 Å². The highest BCUT2D eigenvalue weighted by Gasteiger charge is 2.20. The maximum atomic E-state index is 4.85. The fraction of sp³-hybridized carbons (Fsp3) is 0.471. The summed E-state index contributed by atoms with van der Waals surface area (Å²) in [6.07, 6.45) is 3.74. The van der Waals surface area contributed by atoms with E-state index in [2.05, 4.69) is 37.1 Å². The van der Waals surface area contributed by atoms with Gasteiger partial charge >= 0.3 is 0 Å². The summed E-state index contributed by atoms with van der Waals surface area (Å²) in [6, 6.07) is 4.09. The number of hydrogen-bond donors (Lipinski definition) is 1. The van der Waals surface area contributed by atoms with Gasteiger partial charge in [0, 0.05) is 31.3 Å². The molecule has 0 saturated heterocycles. The monoisotopic (exact) mass is 282 g/mol. The van der Waals surface area contributed by atoms with Crippen molar-refractivity contribution in [1.29, 1.82) is 0 Å². The molecule has 0 unspecified atom stereocenters. The van der Waals surface area contributed by atoms with Crippen LogP contribution >= 0.6 is 0 Å². The van der Waals surface area contributed by atoms with Gasteiger partial charge < -0.3 is 5.32 Å². The van der Waals surface area contributed by atoms with E-state index in [1.54, 1.807) is 0 Å². The molecule has 0 amide bonds. The van der Waals surface area contributed by atoms with E-state index < -0.39 is 0 Å².